The quantitative estimate of drug-likeness (QED) is 0.375. The molecule has 5 rings (SSSR count). The maximum absolute atomic E-state index is 14.1. The molecule has 0 saturated carbocycles. The van der Waals surface area contributed by atoms with Crippen LogP contribution in [0, 0.1) is 11.6 Å². The predicted octanol–water partition coefficient (Wildman–Crippen LogP) is 4.00. The summed E-state index contributed by atoms with van der Waals surface area (Å²) in [4.78, 5) is 12.6. The number of benzene rings is 1. The molecule has 5 aromatic rings. The summed E-state index contributed by atoms with van der Waals surface area (Å²) in [5.74, 6) is -2.14. The van der Waals surface area contributed by atoms with Gasteiger partial charge in [0, 0.05) is 35.8 Å². The fourth-order valence-electron chi connectivity index (χ4n) is 3.18. The van der Waals surface area contributed by atoms with Crippen molar-refractivity contribution in [1.82, 2.24) is 24.6 Å². The number of pyridine rings is 2. The van der Waals surface area contributed by atoms with Gasteiger partial charge in [0.1, 0.15) is 27.2 Å². The standard InChI is InChI=1S/C21H14F2N6O3S2/c1-32-19-16(28-34(30,31)18-3-2-14(22)9-15(18)23)8-13(10-25-19)20-27-29-11-17(26-21(29)33-20)12-4-6-24-7-5-12/h2-11,28H,1H3. The minimum Gasteiger partial charge on any atom is -0.480 e. The first-order chi connectivity index (χ1) is 16.3. The van der Waals surface area contributed by atoms with Crippen LogP contribution >= 0.6 is 11.3 Å². The SMILES string of the molecule is COc1ncc(-c2nn3cc(-c4ccncc4)nc3s2)cc1NS(=O)(=O)c1ccc(F)cc1F. The van der Waals surface area contributed by atoms with Gasteiger partial charge in [0.15, 0.2) is 0 Å². The first kappa shape index (κ1) is 21.9. The van der Waals surface area contributed by atoms with Gasteiger partial charge in [-0.3, -0.25) is 9.71 Å². The van der Waals surface area contributed by atoms with Gasteiger partial charge < -0.3 is 4.74 Å². The van der Waals surface area contributed by atoms with E-state index >= 15 is 0 Å². The molecule has 0 spiro atoms. The van der Waals surface area contributed by atoms with E-state index in [1.807, 2.05) is 12.1 Å². The predicted molar refractivity (Wildman–Crippen MR) is 121 cm³/mol. The normalized spacial score (nSPS) is 11.6. The van der Waals surface area contributed by atoms with Crippen LogP contribution in [0.1, 0.15) is 0 Å². The van der Waals surface area contributed by atoms with Gasteiger partial charge in [-0.2, -0.15) is 5.10 Å². The molecule has 0 amide bonds. The Morgan fingerprint density at radius 1 is 1.09 bits per heavy atom. The van der Waals surface area contributed by atoms with Crippen LogP contribution in [-0.4, -0.2) is 40.1 Å². The van der Waals surface area contributed by atoms with Crippen LogP contribution in [0.3, 0.4) is 0 Å². The lowest BCUT2D eigenvalue weighted by atomic mass is 10.2. The Kier molecular flexibility index (Phi) is 5.42. The highest BCUT2D eigenvalue weighted by molar-refractivity contribution is 7.92. The van der Waals surface area contributed by atoms with Crippen LogP contribution in [0.15, 0.2) is 66.1 Å². The number of nitrogens with one attached hydrogen (secondary N) is 1. The van der Waals surface area contributed by atoms with Crippen molar-refractivity contribution < 1.29 is 21.9 Å². The number of aromatic nitrogens is 5. The average Bonchev–Trinajstić information content (AvgIpc) is 3.39. The molecule has 0 saturated heterocycles. The lowest BCUT2D eigenvalue weighted by Gasteiger charge is -2.12. The summed E-state index contributed by atoms with van der Waals surface area (Å²) in [5.41, 5.74) is 2.08. The van der Waals surface area contributed by atoms with Crippen LogP contribution in [-0.2, 0) is 10.0 Å². The third-order valence-electron chi connectivity index (χ3n) is 4.74. The number of rotatable bonds is 6. The smallest absolute Gasteiger partial charge is 0.264 e. The van der Waals surface area contributed by atoms with E-state index in [2.05, 4.69) is 24.8 Å². The van der Waals surface area contributed by atoms with Crippen LogP contribution in [0.5, 0.6) is 5.88 Å². The number of anilines is 1. The highest BCUT2D eigenvalue weighted by Gasteiger charge is 2.23. The monoisotopic (exact) mass is 500 g/mol. The molecule has 0 atom stereocenters. The van der Waals surface area contributed by atoms with E-state index in [0.29, 0.717) is 21.6 Å². The van der Waals surface area contributed by atoms with E-state index in [1.54, 1.807) is 23.1 Å². The molecule has 0 aliphatic rings. The van der Waals surface area contributed by atoms with Crippen molar-refractivity contribution >= 4 is 32.0 Å². The molecule has 0 aliphatic heterocycles. The molecule has 0 radical (unpaired) electrons. The number of halogens is 2. The zero-order chi connectivity index (χ0) is 23.9. The van der Waals surface area contributed by atoms with Crippen LogP contribution in [0.25, 0.3) is 26.8 Å². The minimum atomic E-state index is -4.39. The third-order valence-corrected chi connectivity index (χ3v) is 7.11. The van der Waals surface area contributed by atoms with Gasteiger partial charge in [-0.25, -0.2) is 31.7 Å². The number of methoxy groups -OCH3 is 1. The second kappa shape index (κ2) is 8.43. The maximum Gasteiger partial charge on any atom is 0.264 e. The van der Waals surface area contributed by atoms with Crippen molar-refractivity contribution in [1.29, 1.82) is 0 Å². The summed E-state index contributed by atoms with van der Waals surface area (Å²) in [5, 5.41) is 5.02. The molecule has 4 aromatic heterocycles. The summed E-state index contributed by atoms with van der Waals surface area (Å²) in [6.07, 6.45) is 6.58. The molecule has 1 aromatic carbocycles. The molecular weight excluding hydrogens is 486 g/mol. The topological polar surface area (TPSA) is 111 Å². The maximum atomic E-state index is 14.1. The van der Waals surface area contributed by atoms with E-state index in [4.69, 9.17) is 4.74 Å². The van der Waals surface area contributed by atoms with Crippen LogP contribution in [0.4, 0.5) is 14.5 Å². The fraction of sp³-hybridized carbons (Fsp3) is 0.0476. The third kappa shape index (κ3) is 4.06. The number of nitrogens with zero attached hydrogens (tertiary/aromatic N) is 5. The van der Waals surface area contributed by atoms with Gasteiger partial charge in [-0.05, 0) is 30.3 Å². The number of ether oxygens (including phenoxy) is 1. The Bertz CT molecular complexity index is 1590. The van der Waals surface area contributed by atoms with E-state index in [-0.39, 0.29) is 11.6 Å². The van der Waals surface area contributed by atoms with Gasteiger partial charge in [-0.15, -0.1) is 0 Å². The average molecular weight is 501 g/mol. The summed E-state index contributed by atoms with van der Waals surface area (Å²) >= 11 is 1.27. The van der Waals surface area contributed by atoms with Crippen LogP contribution in [0.2, 0.25) is 0 Å². The Labute approximate surface area is 195 Å². The Morgan fingerprint density at radius 2 is 1.88 bits per heavy atom. The van der Waals surface area contributed by atoms with Crippen molar-refractivity contribution in [2.45, 2.75) is 4.90 Å². The second-order valence-corrected chi connectivity index (χ2v) is 9.56. The van der Waals surface area contributed by atoms with E-state index in [9.17, 15) is 17.2 Å². The van der Waals surface area contributed by atoms with Gasteiger partial charge in [0.2, 0.25) is 10.8 Å². The van der Waals surface area contributed by atoms with Gasteiger partial charge in [0.25, 0.3) is 10.0 Å². The van der Waals surface area contributed by atoms with Crippen molar-refractivity contribution in [2.24, 2.45) is 0 Å². The molecule has 0 aliphatic carbocycles. The molecule has 13 heteroatoms. The molecule has 0 fully saturated rings. The fourth-order valence-corrected chi connectivity index (χ4v) is 5.15. The van der Waals surface area contributed by atoms with Gasteiger partial charge in [0.05, 0.1) is 19.0 Å². The zero-order valence-corrected chi connectivity index (χ0v) is 18.9. The number of imidazole rings is 1. The highest BCUT2D eigenvalue weighted by atomic mass is 32.2. The zero-order valence-electron chi connectivity index (χ0n) is 17.3. The molecule has 0 bridgehead atoms. The molecule has 34 heavy (non-hydrogen) atoms. The molecule has 1 N–H and O–H groups in total. The van der Waals surface area contributed by atoms with Gasteiger partial charge >= 0.3 is 0 Å². The van der Waals surface area contributed by atoms with Crippen molar-refractivity contribution in [2.75, 3.05) is 11.8 Å². The van der Waals surface area contributed by atoms with Crippen molar-refractivity contribution in [3.8, 4) is 27.7 Å². The second-order valence-electron chi connectivity index (χ2n) is 6.96. The Balaban J connectivity index is 1.49. The lowest BCUT2D eigenvalue weighted by Crippen LogP contribution is -2.15. The first-order valence-corrected chi connectivity index (χ1v) is 11.9. The molecular formula is C21H14F2N6O3S2. The Morgan fingerprint density at radius 3 is 2.59 bits per heavy atom. The summed E-state index contributed by atoms with van der Waals surface area (Å²) in [7, 11) is -3.08. The number of sulfonamides is 1. The number of fused-ring (bicyclic) bond motifs is 1. The largest absolute Gasteiger partial charge is 0.480 e. The minimum absolute atomic E-state index is 0.0313. The van der Waals surface area contributed by atoms with Gasteiger partial charge in [-0.1, -0.05) is 11.3 Å². The summed E-state index contributed by atoms with van der Waals surface area (Å²) < 4.78 is 61.8. The number of hydrogen-bond donors (Lipinski definition) is 1. The van der Waals surface area contributed by atoms with Crippen molar-refractivity contribution in [3.63, 3.8) is 0 Å². The lowest BCUT2D eigenvalue weighted by molar-refractivity contribution is 0.400. The molecule has 0 unspecified atom stereocenters. The van der Waals surface area contributed by atoms with E-state index < -0.39 is 26.6 Å². The summed E-state index contributed by atoms with van der Waals surface area (Å²) in [6.45, 7) is 0. The van der Waals surface area contributed by atoms with Crippen molar-refractivity contribution in [3.05, 3.63) is 72.8 Å². The first-order valence-electron chi connectivity index (χ1n) is 9.63. The number of hydrogen-bond acceptors (Lipinski definition) is 8. The van der Waals surface area contributed by atoms with E-state index in [0.717, 1.165) is 23.4 Å². The summed E-state index contributed by atoms with van der Waals surface area (Å²) in [6, 6.07) is 7.33. The molecule has 4 heterocycles. The highest BCUT2D eigenvalue weighted by Crippen LogP contribution is 2.33. The van der Waals surface area contributed by atoms with Crippen LogP contribution < -0.4 is 9.46 Å². The molecule has 172 valence electrons. The Hall–Kier alpha value is -3.97. The molecule has 9 nitrogen and oxygen atoms in total. The van der Waals surface area contributed by atoms with E-state index in [1.165, 1.54) is 30.7 Å².